The molecule has 0 saturated carbocycles. The normalized spacial score (nSPS) is 11.2. The van der Waals surface area contributed by atoms with Gasteiger partial charge in [0.15, 0.2) is 5.65 Å². The second-order valence-electron chi connectivity index (χ2n) is 8.51. The van der Waals surface area contributed by atoms with Gasteiger partial charge in [0.05, 0.1) is 11.6 Å². The first-order valence-corrected chi connectivity index (χ1v) is 12.4. The second-order valence-corrected chi connectivity index (χ2v) is 9.57. The highest BCUT2D eigenvalue weighted by atomic mass is 32.2. The Labute approximate surface area is 208 Å². The van der Waals surface area contributed by atoms with E-state index in [0.717, 1.165) is 26.7 Å². The molecule has 0 atom stereocenters. The molecular formula is C29H25N3O2S. The summed E-state index contributed by atoms with van der Waals surface area (Å²) in [6.45, 7) is 3.66. The van der Waals surface area contributed by atoms with Crippen LogP contribution in [0.3, 0.4) is 0 Å². The number of fused-ring (bicyclic) bond motifs is 1. The van der Waals surface area contributed by atoms with Crippen molar-refractivity contribution >= 4 is 23.4 Å². The molecule has 6 heteroatoms. The Hall–Kier alpha value is -3.90. The number of carbonyl (C=O) groups excluding carboxylic acids is 1. The van der Waals surface area contributed by atoms with Crippen molar-refractivity contribution in [1.82, 2.24) is 14.4 Å². The van der Waals surface area contributed by atoms with E-state index in [1.807, 2.05) is 115 Å². The summed E-state index contributed by atoms with van der Waals surface area (Å²) in [6.07, 6.45) is 2.45. The molecule has 5 nitrogen and oxygen atoms in total. The lowest BCUT2D eigenvalue weighted by molar-refractivity contribution is -0.138. The molecule has 0 saturated heterocycles. The Bertz CT molecular complexity index is 1450. The van der Waals surface area contributed by atoms with E-state index >= 15 is 0 Å². The van der Waals surface area contributed by atoms with Gasteiger partial charge in [0.25, 0.3) is 0 Å². The highest BCUT2D eigenvalue weighted by molar-refractivity contribution is 7.99. The Morgan fingerprint density at radius 1 is 0.886 bits per heavy atom. The van der Waals surface area contributed by atoms with Crippen LogP contribution < -0.4 is 4.74 Å². The van der Waals surface area contributed by atoms with Crippen molar-refractivity contribution in [3.63, 3.8) is 0 Å². The van der Waals surface area contributed by atoms with Gasteiger partial charge in [-0.2, -0.15) is 0 Å². The first kappa shape index (κ1) is 22.9. The molecule has 0 radical (unpaired) electrons. The van der Waals surface area contributed by atoms with Gasteiger partial charge in [-0.15, -0.1) is 0 Å². The van der Waals surface area contributed by atoms with Crippen LogP contribution in [0.2, 0.25) is 0 Å². The van der Waals surface area contributed by atoms with Crippen LogP contribution in [-0.2, 0) is 11.2 Å². The molecule has 2 aromatic heterocycles. The molecule has 3 aromatic carbocycles. The number of rotatable bonds is 7. The number of nitrogens with zero attached hydrogens (tertiary/aromatic N) is 3. The number of hydrogen-bond acceptors (Lipinski definition) is 5. The Kier molecular flexibility index (Phi) is 6.64. The maximum absolute atomic E-state index is 12.7. The van der Waals surface area contributed by atoms with E-state index in [9.17, 15) is 4.79 Å². The molecular weight excluding hydrogens is 454 g/mol. The topological polar surface area (TPSA) is 56.5 Å². The number of benzene rings is 3. The maximum Gasteiger partial charge on any atom is 0.315 e. The van der Waals surface area contributed by atoms with Crippen LogP contribution in [0.25, 0.3) is 16.9 Å². The second kappa shape index (κ2) is 10.2. The third kappa shape index (κ3) is 5.12. The van der Waals surface area contributed by atoms with Crippen LogP contribution >= 0.6 is 11.8 Å². The highest BCUT2D eigenvalue weighted by Crippen LogP contribution is 2.35. The maximum atomic E-state index is 12.7. The van der Waals surface area contributed by atoms with Gasteiger partial charge in [-0.25, -0.2) is 9.97 Å². The summed E-state index contributed by atoms with van der Waals surface area (Å²) in [5, 5.41) is 0.749. The smallest absolute Gasteiger partial charge is 0.315 e. The summed E-state index contributed by atoms with van der Waals surface area (Å²) < 4.78 is 7.83. The molecule has 0 unspecified atom stereocenters. The fraction of sp³-hybridized carbons (Fsp3) is 0.138. The van der Waals surface area contributed by atoms with E-state index in [-0.39, 0.29) is 11.9 Å². The monoisotopic (exact) mass is 479 g/mol. The Balaban J connectivity index is 1.71. The number of carbonyl (C=O) groups is 1. The molecule has 174 valence electrons. The lowest BCUT2D eigenvalue weighted by Crippen LogP contribution is -2.16. The highest BCUT2D eigenvalue weighted by Gasteiger charge is 2.23. The summed E-state index contributed by atoms with van der Waals surface area (Å²) in [5.74, 6) is -0.118. The van der Waals surface area contributed by atoms with Crippen LogP contribution in [0.5, 0.6) is 5.88 Å². The van der Waals surface area contributed by atoms with Gasteiger partial charge in [-0.05, 0) is 17.7 Å². The quantitative estimate of drug-likeness (QED) is 0.243. The van der Waals surface area contributed by atoms with E-state index in [1.165, 1.54) is 0 Å². The number of ether oxygens (including phenoxy) is 1. The summed E-state index contributed by atoms with van der Waals surface area (Å²) >= 11 is 1.54. The van der Waals surface area contributed by atoms with Gasteiger partial charge in [-0.1, -0.05) is 104 Å². The van der Waals surface area contributed by atoms with Gasteiger partial charge >= 0.3 is 5.97 Å². The standard InChI is InChI=1S/C29H25N3O2S/c1-20(2)29(33)34-28-24(18-21-12-6-3-7-13-21)30-26-27(35-23-16-10-5-11-17-23)31-25(19-32(26)28)22-14-8-4-9-15-22/h3-17,19-20H,18H2,1-2H3. The molecule has 5 rings (SSSR count). The van der Waals surface area contributed by atoms with E-state index in [1.54, 1.807) is 11.8 Å². The van der Waals surface area contributed by atoms with Gasteiger partial charge in [-0.3, -0.25) is 9.20 Å². The molecule has 0 fully saturated rings. The zero-order valence-electron chi connectivity index (χ0n) is 19.6. The average Bonchev–Trinajstić information content (AvgIpc) is 3.22. The fourth-order valence-corrected chi connectivity index (χ4v) is 4.58. The van der Waals surface area contributed by atoms with Gasteiger partial charge < -0.3 is 4.74 Å². The fourth-order valence-electron chi connectivity index (χ4n) is 3.69. The first-order valence-electron chi connectivity index (χ1n) is 11.5. The predicted octanol–water partition coefficient (Wildman–Crippen LogP) is 6.70. The third-order valence-corrected chi connectivity index (χ3v) is 6.48. The van der Waals surface area contributed by atoms with Crippen LogP contribution in [0.1, 0.15) is 25.1 Å². The summed E-state index contributed by atoms with van der Waals surface area (Å²) in [7, 11) is 0. The third-order valence-electron chi connectivity index (χ3n) is 5.51. The van der Waals surface area contributed by atoms with E-state index in [2.05, 4.69) is 0 Å². The van der Waals surface area contributed by atoms with E-state index in [4.69, 9.17) is 14.7 Å². The van der Waals surface area contributed by atoms with Gasteiger partial charge in [0.1, 0.15) is 10.7 Å². The predicted molar refractivity (Wildman–Crippen MR) is 139 cm³/mol. The molecule has 0 spiro atoms. The van der Waals surface area contributed by atoms with Crippen LogP contribution in [0.15, 0.2) is 107 Å². The van der Waals surface area contributed by atoms with Crippen molar-refractivity contribution in [2.75, 3.05) is 0 Å². The van der Waals surface area contributed by atoms with Crippen molar-refractivity contribution in [3.8, 4) is 17.1 Å². The molecule has 0 bridgehead atoms. The molecule has 35 heavy (non-hydrogen) atoms. The van der Waals surface area contributed by atoms with Crippen molar-refractivity contribution in [3.05, 3.63) is 108 Å². The molecule has 0 aliphatic rings. The summed E-state index contributed by atoms with van der Waals surface area (Å²) in [5.41, 5.74) is 4.21. The van der Waals surface area contributed by atoms with Crippen molar-refractivity contribution in [2.45, 2.75) is 30.2 Å². The molecule has 0 N–H and O–H groups in total. The minimum atomic E-state index is -0.295. The molecule has 0 amide bonds. The van der Waals surface area contributed by atoms with Crippen LogP contribution in [-0.4, -0.2) is 20.3 Å². The van der Waals surface area contributed by atoms with Gasteiger partial charge in [0, 0.05) is 23.1 Å². The minimum absolute atomic E-state index is 0.265. The van der Waals surface area contributed by atoms with Gasteiger partial charge in [0.2, 0.25) is 5.88 Å². The zero-order valence-corrected chi connectivity index (χ0v) is 20.4. The van der Waals surface area contributed by atoms with Crippen molar-refractivity contribution in [1.29, 1.82) is 0 Å². The Morgan fingerprint density at radius 2 is 1.51 bits per heavy atom. The van der Waals surface area contributed by atoms with Crippen LogP contribution in [0, 0.1) is 5.92 Å². The van der Waals surface area contributed by atoms with E-state index in [0.29, 0.717) is 23.6 Å². The lowest BCUT2D eigenvalue weighted by atomic mass is 10.1. The molecule has 0 aliphatic heterocycles. The average molecular weight is 480 g/mol. The summed E-state index contributed by atoms with van der Waals surface area (Å²) in [6, 6.07) is 30.2. The van der Waals surface area contributed by atoms with Crippen molar-refractivity contribution in [2.24, 2.45) is 5.92 Å². The first-order chi connectivity index (χ1) is 17.1. The molecule has 2 heterocycles. The zero-order chi connectivity index (χ0) is 24.2. The number of imidazole rings is 1. The minimum Gasteiger partial charge on any atom is -0.407 e. The van der Waals surface area contributed by atoms with Crippen molar-refractivity contribution < 1.29 is 9.53 Å². The number of hydrogen-bond donors (Lipinski definition) is 0. The number of aromatic nitrogens is 3. The van der Waals surface area contributed by atoms with E-state index < -0.39 is 0 Å². The van der Waals surface area contributed by atoms with Crippen LogP contribution in [0.4, 0.5) is 0 Å². The molecule has 0 aliphatic carbocycles. The lowest BCUT2D eigenvalue weighted by Gasteiger charge is -2.11. The summed E-state index contributed by atoms with van der Waals surface area (Å²) in [4.78, 5) is 23.7. The SMILES string of the molecule is CC(C)C(=O)Oc1c(Cc2ccccc2)nc2c(Sc3ccccc3)nc(-c3ccccc3)cn12. The Morgan fingerprint density at radius 3 is 2.17 bits per heavy atom. The largest absolute Gasteiger partial charge is 0.407 e. The number of esters is 1. The molecule has 5 aromatic rings.